The van der Waals surface area contributed by atoms with Crippen molar-refractivity contribution in [2.45, 2.75) is 264 Å². The predicted octanol–water partition coefficient (Wildman–Crippen LogP) is 17.3. The number of carbonyl (C=O) groups is 2. The molecule has 70 heavy (non-hydrogen) atoms. The lowest BCUT2D eigenvalue weighted by atomic mass is 10.0. The molecule has 2 unspecified atom stereocenters. The highest BCUT2D eigenvalue weighted by atomic mass is 31.2. The van der Waals surface area contributed by atoms with Crippen LogP contribution in [-0.4, -0.2) is 70.0 Å². The van der Waals surface area contributed by atoms with Crippen LogP contribution in [0, 0.1) is 0 Å². The van der Waals surface area contributed by atoms with Crippen LogP contribution >= 0.6 is 7.82 Å². The molecular formula is C60H110NO8P. The maximum absolute atomic E-state index is 12.8. The third-order valence-corrected chi connectivity index (χ3v) is 13.5. The number of unbranched alkanes of at least 4 members (excludes halogenated alkanes) is 29. The van der Waals surface area contributed by atoms with Crippen LogP contribution in [0.1, 0.15) is 258 Å². The molecule has 0 spiro atoms. The first-order valence-corrected chi connectivity index (χ1v) is 30.5. The van der Waals surface area contributed by atoms with E-state index in [2.05, 4.69) is 74.6 Å². The second-order valence-electron chi connectivity index (χ2n) is 20.6. The van der Waals surface area contributed by atoms with Gasteiger partial charge in [0.25, 0.3) is 7.82 Å². The smallest absolute Gasteiger partial charge is 0.306 e. The standard InChI is InChI=1S/C60H110NO8P/c1-6-8-10-12-14-16-18-20-22-24-25-26-27-28-29-30-31-32-33-34-35-37-38-40-42-44-46-48-50-52-59(62)66-56-58(57-68-70(64,65)67-55-54-61(3,4)5)69-60(63)53-51-49-47-45-43-41-39-36-23-21-19-17-15-13-11-9-7-2/h9,11,15,17,21,23-25,39,41,58H,6-8,10,12-14,16,18-20,22,26-38,40,42-57H2,1-5H3/b11-9-,17-15-,23-21-,25-24-,41-39-. The zero-order valence-corrected chi connectivity index (χ0v) is 47.1. The van der Waals surface area contributed by atoms with Gasteiger partial charge < -0.3 is 27.9 Å². The molecule has 0 saturated heterocycles. The molecule has 0 amide bonds. The summed E-state index contributed by atoms with van der Waals surface area (Å²) in [7, 11) is 1.15. The fourth-order valence-electron chi connectivity index (χ4n) is 8.05. The Morgan fingerprint density at radius 2 is 0.814 bits per heavy atom. The number of phosphoric ester groups is 1. The van der Waals surface area contributed by atoms with Crippen molar-refractivity contribution in [3.05, 3.63) is 60.8 Å². The average Bonchev–Trinajstić information content (AvgIpc) is 3.32. The number of phosphoric acid groups is 1. The third-order valence-electron chi connectivity index (χ3n) is 12.5. The van der Waals surface area contributed by atoms with Crippen LogP contribution in [0.5, 0.6) is 0 Å². The molecule has 0 saturated carbocycles. The van der Waals surface area contributed by atoms with Gasteiger partial charge in [0.15, 0.2) is 6.10 Å². The molecular weight excluding hydrogens is 894 g/mol. The highest BCUT2D eigenvalue weighted by Gasteiger charge is 2.21. The predicted molar refractivity (Wildman–Crippen MR) is 296 cm³/mol. The largest absolute Gasteiger partial charge is 0.756 e. The Morgan fingerprint density at radius 1 is 0.457 bits per heavy atom. The fourth-order valence-corrected chi connectivity index (χ4v) is 8.78. The normalized spacial score (nSPS) is 13.7. The van der Waals surface area contributed by atoms with Crippen molar-refractivity contribution >= 4 is 19.8 Å². The van der Waals surface area contributed by atoms with E-state index in [-0.39, 0.29) is 32.0 Å². The SMILES string of the molecule is CC/C=C\C/C=C\C/C=C\C/C=C\CCCCCCC(=O)OC(COC(=O)CCCCCCCCCCCCCCCCCCC/C=C\CCCCCCCCCC)COP(=O)([O-])OCC[N+](C)(C)C. The summed E-state index contributed by atoms with van der Waals surface area (Å²) >= 11 is 0. The maximum Gasteiger partial charge on any atom is 0.306 e. The summed E-state index contributed by atoms with van der Waals surface area (Å²) in [5, 5.41) is 0. The molecule has 9 nitrogen and oxygen atoms in total. The zero-order valence-electron chi connectivity index (χ0n) is 46.2. The number of nitrogens with zero attached hydrogens (tertiary/aromatic N) is 1. The van der Waals surface area contributed by atoms with Gasteiger partial charge in [-0.1, -0.05) is 229 Å². The Morgan fingerprint density at radius 3 is 1.23 bits per heavy atom. The first-order chi connectivity index (χ1) is 34.0. The number of ether oxygens (including phenoxy) is 2. The molecule has 0 aromatic carbocycles. The first kappa shape index (κ1) is 67.7. The van der Waals surface area contributed by atoms with Crippen LogP contribution in [0.3, 0.4) is 0 Å². The van der Waals surface area contributed by atoms with Gasteiger partial charge in [0.05, 0.1) is 27.7 Å². The number of quaternary nitrogens is 1. The average molecular weight is 1000 g/mol. The Balaban J connectivity index is 4.10. The molecule has 0 aromatic heterocycles. The van der Waals surface area contributed by atoms with Gasteiger partial charge in [-0.3, -0.25) is 14.2 Å². The van der Waals surface area contributed by atoms with Crippen LogP contribution in [0.25, 0.3) is 0 Å². The molecule has 0 aliphatic carbocycles. The van der Waals surface area contributed by atoms with E-state index in [0.717, 1.165) is 70.6 Å². The number of hydrogen-bond acceptors (Lipinski definition) is 8. The molecule has 0 aliphatic heterocycles. The molecule has 0 radical (unpaired) electrons. The summed E-state index contributed by atoms with van der Waals surface area (Å²) in [6.45, 7) is 4.11. The second kappa shape index (κ2) is 51.6. The molecule has 2 atom stereocenters. The van der Waals surface area contributed by atoms with Crippen molar-refractivity contribution in [2.75, 3.05) is 47.5 Å². The molecule has 0 fully saturated rings. The number of esters is 2. The summed E-state index contributed by atoms with van der Waals surface area (Å²) < 4.78 is 34.1. The summed E-state index contributed by atoms with van der Waals surface area (Å²) in [5.74, 6) is -0.855. The van der Waals surface area contributed by atoms with Gasteiger partial charge >= 0.3 is 11.9 Å². The Bertz CT molecular complexity index is 1370. The number of likely N-dealkylation sites (N-methyl/N-ethyl adjacent to an activating group) is 1. The third kappa shape index (κ3) is 55.0. The minimum Gasteiger partial charge on any atom is -0.756 e. The van der Waals surface area contributed by atoms with Crippen molar-refractivity contribution in [3.8, 4) is 0 Å². The number of allylic oxidation sites excluding steroid dienone is 10. The first-order valence-electron chi connectivity index (χ1n) is 29.0. The van der Waals surface area contributed by atoms with Gasteiger partial charge in [0.1, 0.15) is 19.8 Å². The van der Waals surface area contributed by atoms with E-state index >= 15 is 0 Å². The van der Waals surface area contributed by atoms with Gasteiger partial charge in [-0.25, -0.2) is 0 Å². The van der Waals surface area contributed by atoms with Gasteiger partial charge in [-0.2, -0.15) is 0 Å². The minimum atomic E-state index is -4.64. The molecule has 408 valence electrons. The lowest BCUT2D eigenvalue weighted by molar-refractivity contribution is -0.870. The van der Waals surface area contributed by atoms with Crippen LogP contribution in [0.15, 0.2) is 60.8 Å². The highest BCUT2D eigenvalue weighted by Crippen LogP contribution is 2.38. The van der Waals surface area contributed by atoms with E-state index in [4.69, 9.17) is 18.5 Å². The molecule has 0 aliphatic rings. The highest BCUT2D eigenvalue weighted by molar-refractivity contribution is 7.45. The van der Waals surface area contributed by atoms with E-state index in [1.54, 1.807) is 0 Å². The Hall–Kier alpha value is -2.29. The summed E-state index contributed by atoms with van der Waals surface area (Å²) in [5.41, 5.74) is 0. The van der Waals surface area contributed by atoms with Gasteiger partial charge in [-0.05, 0) is 77.0 Å². The van der Waals surface area contributed by atoms with Crippen molar-refractivity contribution in [1.29, 1.82) is 0 Å². The van der Waals surface area contributed by atoms with Gasteiger partial charge in [-0.15, -0.1) is 0 Å². The van der Waals surface area contributed by atoms with Crippen molar-refractivity contribution in [2.24, 2.45) is 0 Å². The van der Waals surface area contributed by atoms with Crippen molar-refractivity contribution in [3.63, 3.8) is 0 Å². The zero-order chi connectivity index (χ0) is 51.3. The quantitative estimate of drug-likeness (QED) is 0.0195. The van der Waals surface area contributed by atoms with Gasteiger partial charge in [0, 0.05) is 12.8 Å². The summed E-state index contributed by atoms with van der Waals surface area (Å²) in [6.07, 6.45) is 65.7. The van der Waals surface area contributed by atoms with E-state index in [0.29, 0.717) is 17.4 Å². The van der Waals surface area contributed by atoms with Gasteiger partial charge in [0.2, 0.25) is 0 Å². The summed E-state index contributed by atoms with van der Waals surface area (Å²) in [4.78, 5) is 37.8. The number of rotatable bonds is 53. The van der Waals surface area contributed by atoms with E-state index < -0.39 is 26.5 Å². The Labute approximate surface area is 432 Å². The van der Waals surface area contributed by atoms with E-state index in [1.807, 2.05) is 21.1 Å². The topological polar surface area (TPSA) is 111 Å². The number of carbonyl (C=O) groups excluding carboxylic acids is 2. The molecule has 0 N–H and O–H groups in total. The summed E-state index contributed by atoms with van der Waals surface area (Å²) in [6, 6.07) is 0. The molecule has 0 bridgehead atoms. The van der Waals surface area contributed by atoms with Crippen LogP contribution < -0.4 is 4.89 Å². The van der Waals surface area contributed by atoms with Crippen LogP contribution in [0.4, 0.5) is 0 Å². The Kier molecular flexibility index (Phi) is 49.9. The van der Waals surface area contributed by atoms with Crippen molar-refractivity contribution in [1.82, 2.24) is 0 Å². The molecule has 0 rings (SSSR count). The molecule has 0 heterocycles. The lowest BCUT2D eigenvalue weighted by Gasteiger charge is -2.28. The monoisotopic (exact) mass is 1000 g/mol. The fraction of sp³-hybridized carbons (Fsp3) is 0.800. The van der Waals surface area contributed by atoms with E-state index in [1.165, 1.54) is 154 Å². The maximum atomic E-state index is 12.8. The van der Waals surface area contributed by atoms with Crippen LogP contribution in [0.2, 0.25) is 0 Å². The second-order valence-corrected chi connectivity index (χ2v) is 22.0. The van der Waals surface area contributed by atoms with Crippen molar-refractivity contribution < 1.29 is 42.1 Å². The molecule has 10 heteroatoms. The minimum absolute atomic E-state index is 0.0372. The van der Waals surface area contributed by atoms with E-state index in [9.17, 15) is 19.0 Å². The van der Waals surface area contributed by atoms with Crippen LogP contribution in [-0.2, 0) is 32.7 Å². The lowest BCUT2D eigenvalue weighted by Crippen LogP contribution is -2.37. The number of hydrogen-bond donors (Lipinski definition) is 0. The molecule has 0 aromatic rings.